The van der Waals surface area contributed by atoms with Crippen molar-refractivity contribution in [1.82, 2.24) is 4.72 Å². The Morgan fingerprint density at radius 3 is 2.61 bits per heavy atom. The molecule has 0 unspecified atom stereocenters. The van der Waals surface area contributed by atoms with Crippen LogP contribution in [0.15, 0.2) is 0 Å². The monoisotopic (exact) mass is 309 g/mol. The summed E-state index contributed by atoms with van der Waals surface area (Å²) in [6, 6.07) is 2.07. The van der Waals surface area contributed by atoms with Crippen LogP contribution in [0.25, 0.3) is 0 Å². The average molecular weight is 310 g/mol. The Hall–Kier alpha value is 0.797. The second-order valence-corrected chi connectivity index (χ2v) is 8.96. The van der Waals surface area contributed by atoms with Gasteiger partial charge in [-0.25, -0.2) is 0 Å². The molecule has 1 aliphatic rings. The van der Waals surface area contributed by atoms with Gasteiger partial charge in [-0.2, -0.15) is 0 Å². The van der Waals surface area contributed by atoms with Gasteiger partial charge in [-0.3, -0.25) is 4.72 Å². The summed E-state index contributed by atoms with van der Waals surface area (Å²) in [6.45, 7) is 0. The molecule has 0 aromatic heterocycles. The molecule has 1 saturated carbocycles. The van der Waals surface area contributed by atoms with Crippen molar-refractivity contribution in [2.45, 2.75) is 56.5 Å². The molecule has 0 bridgehead atoms. The van der Waals surface area contributed by atoms with E-state index in [0.29, 0.717) is 0 Å². The largest absolute Gasteiger partial charge is 0.360 e. The van der Waals surface area contributed by atoms with Gasteiger partial charge < -0.3 is 9.47 Å². The van der Waals surface area contributed by atoms with Crippen molar-refractivity contribution in [2.75, 3.05) is 20.0 Å². The lowest BCUT2D eigenvalue weighted by Crippen LogP contribution is -2.24. The summed E-state index contributed by atoms with van der Waals surface area (Å²) in [4.78, 5) is 0. The zero-order valence-electron chi connectivity index (χ0n) is 11.7. The van der Waals surface area contributed by atoms with Gasteiger partial charge in [-0.15, -0.1) is 0 Å². The van der Waals surface area contributed by atoms with Gasteiger partial charge in [0, 0.05) is 26.0 Å². The fourth-order valence-electron chi connectivity index (χ4n) is 2.17. The van der Waals surface area contributed by atoms with E-state index in [0.717, 1.165) is 6.04 Å². The second kappa shape index (κ2) is 11.6. The van der Waals surface area contributed by atoms with Crippen LogP contribution in [0.3, 0.4) is 0 Å². The third kappa shape index (κ3) is 8.07. The summed E-state index contributed by atoms with van der Waals surface area (Å²) < 4.78 is 14.0. The molecule has 108 valence electrons. The minimum absolute atomic E-state index is 0.114. The number of methoxy groups -OCH3 is 2. The molecule has 0 radical (unpaired) electrons. The number of rotatable bonds is 10. The number of hydrogen-bond donors (Lipinski definition) is 1. The molecule has 0 atom stereocenters. The van der Waals surface area contributed by atoms with Crippen LogP contribution >= 0.6 is 21.8 Å². The lowest BCUT2D eigenvalue weighted by molar-refractivity contribution is -0.0441. The van der Waals surface area contributed by atoms with Gasteiger partial charge in [-0.1, -0.05) is 36.1 Å². The molecule has 1 rings (SSSR count). The second-order valence-electron chi connectivity index (χ2n) is 4.75. The Morgan fingerprint density at radius 1 is 1.22 bits per heavy atom. The molecule has 0 aromatic carbocycles. The van der Waals surface area contributed by atoms with E-state index < -0.39 is 0 Å². The molecule has 0 spiro atoms. The molecule has 0 amide bonds. The maximum absolute atomic E-state index is 5.22. The number of ether oxygens (including phenoxy) is 2. The van der Waals surface area contributed by atoms with E-state index in [9.17, 15) is 0 Å². The fourth-order valence-corrected chi connectivity index (χ4v) is 5.93. The molecule has 0 saturated heterocycles. The van der Waals surface area contributed by atoms with E-state index in [2.05, 4.69) is 4.72 Å². The van der Waals surface area contributed by atoms with Crippen molar-refractivity contribution in [3.63, 3.8) is 0 Å². The summed E-state index contributed by atoms with van der Waals surface area (Å²) in [6.07, 6.45) is 8.27. The molecule has 0 aromatic rings. The van der Waals surface area contributed by atoms with Crippen molar-refractivity contribution in [1.29, 1.82) is 0 Å². The van der Waals surface area contributed by atoms with Gasteiger partial charge in [0.15, 0.2) is 0 Å². The summed E-state index contributed by atoms with van der Waals surface area (Å²) in [5.41, 5.74) is 0. The molecular formula is C12H27NO2S2Si. The summed E-state index contributed by atoms with van der Waals surface area (Å²) in [7, 11) is 7.07. The van der Waals surface area contributed by atoms with Crippen LogP contribution in [-0.4, -0.2) is 41.4 Å². The Bertz CT molecular complexity index is 191. The maximum Gasteiger partial charge on any atom is 0.134 e. The first-order valence-electron chi connectivity index (χ1n) is 6.96. The molecular weight excluding hydrogens is 282 g/mol. The zero-order valence-corrected chi connectivity index (χ0v) is 14.7. The van der Waals surface area contributed by atoms with E-state index in [-0.39, 0.29) is 15.4 Å². The quantitative estimate of drug-likeness (QED) is 0.220. The SMILES string of the molecule is COC(OC)[SiH2]CCCSSNC1CCCCC1. The van der Waals surface area contributed by atoms with Crippen molar-refractivity contribution >= 4 is 31.3 Å². The van der Waals surface area contributed by atoms with Crippen LogP contribution in [0.4, 0.5) is 0 Å². The van der Waals surface area contributed by atoms with Crippen LogP contribution in [0.2, 0.25) is 6.04 Å². The smallest absolute Gasteiger partial charge is 0.134 e. The lowest BCUT2D eigenvalue weighted by Gasteiger charge is -2.21. The molecule has 18 heavy (non-hydrogen) atoms. The molecule has 0 aliphatic heterocycles. The van der Waals surface area contributed by atoms with Crippen LogP contribution in [0, 0.1) is 0 Å². The molecule has 1 fully saturated rings. The Labute approximate surface area is 122 Å². The van der Waals surface area contributed by atoms with Crippen molar-refractivity contribution in [2.24, 2.45) is 0 Å². The molecule has 1 N–H and O–H groups in total. The van der Waals surface area contributed by atoms with E-state index in [1.165, 1.54) is 50.3 Å². The zero-order chi connectivity index (χ0) is 13.1. The van der Waals surface area contributed by atoms with E-state index >= 15 is 0 Å². The van der Waals surface area contributed by atoms with E-state index in [4.69, 9.17) is 9.47 Å². The topological polar surface area (TPSA) is 30.5 Å². The van der Waals surface area contributed by atoms with Crippen molar-refractivity contribution < 1.29 is 9.47 Å². The maximum atomic E-state index is 5.22. The number of nitrogens with one attached hydrogen (secondary N) is 1. The molecule has 6 heteroatoms. The highest BCUT2D eigenvalue weighted by Gasteiger charge is 2.12. The molecule has 3 nitrogen and oxygen atoms in total. The summed E-state index contributed by atoms with van der Waals surface area (Å²) >= 11 is 0. The first-order valence-corrected chi connectivity index (χ1v) is 11.1. The standard InChI is InChI=1S/C12H27NO2S2Si/c1-14-12(15-2)18-10-6-9-16-17-13-11-7-4-3-5-8-11/h11-13H,3-10,18H2,1-2H3. The van der Waals surface area contributed by atoms with E-state index in [1.54, 1.807) is 14.2 Å². The van der Waals surface area contributed by atoms with Crippen molar-refractivity contribution in [3.8, 4) is 0 Å². The Balaban J connectivity index is 1.83. The average Bonchev–Trinajstić information content (AvgIpc) is 2.43. The molecule has 1 aliphatic carbocycles. The van der Waals surface area contributed by atoms with Gasteiger partial charge in [0.25, 0.3) is 0 Å². The third-order valence-electron chi connectivity index (χ3n) is 3.32. The number of hydrogen-bond acceptors (Lipinski definition) is 5. The fraction of sp³-hybridized carbons (Fsp3) is 1.00. The highest BCUT2D eigenvalue weighted by molar-refractivity contribution is 8.76. The van der Waals surface area contributed by atoms with Crippen LogP contribution in [0.1, 0.15) is 38.5 Å². The van der Waals surface area contributed by atoms with E-state index in [1.807, 2.05) is 21.8 Å². The Kier molecular flexibility index (Phi) is 10.9. The first kappa shape index (κ1) is 16.9. The minimum atomic E-state index is -0.215. The highest BCUT2D eigenvalue weighted by atomic mass is 33.1. The molecule has 0 heterocycles. The van der Waals surface area contributed by atoms with Crippen LogP contribution in [0.5, 0.6) is 0 Å². The Morgan fingerprint density at radius 2 is 1.94 bits per heavy atom. The predicted octanol–water partition coefficient (Wildman–Crippen LogP) is 2.76. The summed E-state index contributed by atoms with van der Waals surface area (Å²) in [5.74, 6) is 1.35. The van der Waals surface area contributed by atoms with Gasteiger partial charge in [0.2, 0.25) is 0 Å². The predicted molar refractivity (Wildman–Crippen MR) is 85.8 cm³/mol. The van der Waals surface area contributed by atoms with Gasteiger partial charge >= 0.3 is 0 Å². The van der Waals surface area contributed by atoms with Crippen LogP contribution in [-0.2, 0) is 9.47 Å². The van der Waals surface area contributed by atoms with Gasteiger partial charge in [0.1, 0.15) is 5.91 Å². The van der Waals surface area contributed by atoms with Gasteiger partial charge in [-0.05, 0) is 30.2 Å². The normalized spacial score (nSPS) is 18.2. The van der Waals surface area contributed by atoms with Gasteiger partial charge in [0.05, 0.1) is 9.52 Å². The summed E-state index contributed by atoms with van der Waals surface area (Å²) in [5, 5.41) is 0. The van der Waals surface area contributed by atoms with Crippen molar-refractivity contribution in [3.05, 3.63) is 0 Å². The third-order valence-corrected chi connectivity index (χ3v) is 7.51. The first-order chi connectivity index (χ1) is 8.86. The lowest BCUT2D eigenvalue weighted by atomic mass is 9.96. The minimum Gasteiger partial charge on any atom is -0.360 e. The van der Waals surface area contributed by atoms with Crippen LogP contribution < -0.4 is 4.72 Å². The highest BCUT2D eigenvalue weighted by Crippen LogP contribution is 2.24.